The Bertz CT molecular complexity index is 1750. The van der Waals surface area contributed by atoms with Crippen molar-refractivity contribution in [2.24, 2.45) is 0 Å². The molecule has 91 heavy (non-hydrogen) atoms. The van der Waals surface area contributed by atoms with Crippen LogP contribution in [0.5, 0.6) is 0 Å². The second kappa shape index (κ2) is 54.3. The van der Waals surface area contributed by atoms with Crippen LogP contribution in [-0.2, 0) is 33.2 Å². The Morgan fingerprint density at radius 2 is 0.703 bits per heavy atom. The Kier molecular flexibility index (Phi) is 49.8. The zero-order valence-electron chi connectivity index (χ0n) is 56.8. The Hall–Kier alpha value is -1.73. The van der Waals surface area contributed by atoms with E-state index in [1.807, 2.05) is 6.08 Å². The highest BCUT2D eigenvalue weighted by molar-refractivity contribution is 5.76. The molecule has 0 bridgehead atoms. The van der Waals surface area contributed by atoms with Gasteiger partial charge in [-0.15, -0.1) is 0 Å². The molecule has 17 unspecified atom stereocenters. The van der Waals surface area contributed by atoms with Crippen LogP contribution in [-0.4, -0.2) is 193 Å². The van der Waals surface area contributed by atoms with Crippen LogP contribution < -0.4 is 5.32 Å². The largest absolute Gasteiger partial charge is 0.394 e. The smallest absolute Gasteiger partial charge is 0.220 e. The second-order valence-electron chi connectivity index (χ2n) is 26.8. The van der Waals surface area contributed by atoms with E-state index >= 15 is 0 Å². The number of hydrogen-bond acceptors (Lipinski definition) is 18. The van der Waals surface area contributed by atoms with Gasteiger partial charge < -0.3 is 89.9 Å². The summed E-state index contributed by atoms with van der Waals surface area (Å²) in [5.41, 5.74) is 0. The van der Waals surface area contributed by atoms with E-state index < -0.39 is 124 Å². The average molecular weight is 1300 g/mol. The standard InChI is InChI=1S/C72H135NO18/c1-3-5-7-9-11-13-15-17-19-21-23-25-27-28-29-31-33-35-37-39-41-43-45-47-49-56(77)55(73-60(78)50-48-46-44-42-40-38-36-34-32-30-26-24-22-20-18-16-14-12-10-8-6-4-2)54-86-70-66(84)63(81)68(58(52-75)88-70)91-72-67(85)64(82)69(59(53-76)89-72)90-71-65(83)62(80)61(79)57(51-74)87-71/h39,41,47,49,55-59,61-72,74-77,79-85H,3-38,40,42-46,48,50-54H2,1-2H3,(H,73,78)/b41-39+,49-47+. The molecule has 0 aliphatic carbocycles. The molecule has 3 aliphatic rings. The lowest BCUT2D eigenvalue weighted by molar-refractivity contribution is -0.379. The number of unbranched alkanes of at least 4 members (excludes halogenated alkanes) is 40. The van der Waals surface area contributed by atoms with Crippen molar-refractivity contribution in [3.05, 3.63) is 24.3 Å². The van der Waals surface area contributed by atoms with Gasteiger partial charge in [0.25, 0.3) is 0 Å². The van der Waals surface area contributed by atoms with Gasteiger partial charge in [-0.25, -0.2) is 0 Å². The highest BCUT2D eigenvalue weighted by atomic mass is 16.8. The summed E-state index contributed by atoms with van der Waals surface area (Å²) < 4.78 is 34.4. The number of nitrogens with one attached hydrogen (secondary N) is 1. The molecule has 19 nitrogen and oxygen atoms in total. The van der Waals surface area contributed by atoms with Gasteiger partial charge in [0.2, 0.25) is 5.91 Å². The molecular weight excluding hydrogens is 1170 g/mol. The van der Waals surface area contributed by atoms with E-state index in [1.54, 1.807) is 6.08 Å². The first-order valence-electron chi connectivity index (χ1n) is 37.1. The van der Waals surface area contributed by atoms with E-state index in [1.165, 1.54) is 225 Å². The van der Waals surface area contributed by atoms with Crippen LogP contribution in [0.25, 0.3) is 0 Å². The summed E-state index contributed by atoms with van der Waals surface area (Å²) in [4.78, 5) is 13.4. The fourth-order valence-electron chi connectivity index (χ4n) is 12.7. The quantitative estimate of drug-likeness (QED) is 0.0199. The maximum Gasteiger partial charge on any atom is 0.220 e. The fraction of sp³-hybridized carbons (Fsp3) is 0.931. The molecule has 3 saturated heterocycles. The molecule has 3 rings (SSSR count). The minimum atomic E-state index is -1.98. The highest BCUT2D eigenvalue weighted by Gasteiger charge is 2.53. The first kappa shape index (κ1) is 83.5. The van der Waals surface area contributed by atoms with Crippen molar-refractivity contribution in [2.75, 3.05) is 26.4 Å². The lowest BCUT2D eigenvalue weighted by Gasteiger charge is -2.48. The SMILES string of the molecule is CCCCCCCCCCCCCCCCCCCC/C=C/CC/C=C/C(O)C(COC1OC(CO)C(OC2OC(CO)C(OC3OC(CO)C(O)C(O)C3O)C(O)C2O)C(O)C1O)NC(=O)CCCCCCCCCCCCCCCCCCCCCCCC. The molecule has 0 spiro atoms. The lowest BCUT2D eigenvalue weighted by atomic mass is 9.96. The van der Waals surface area contributed by atoms with Crippen molar-refractivity contribution < 1.29 is 89.4 Å². The van der Waals surface area contributed by atoms with Gasteiger partial charge in [0.15, 0.2) is 18.9 Å². The Morgan fingerprint density at radius 3 is 1.10 bits per heavy atom. The predicted octanol–water partition coefficient (Wildman–Crippen LogP) is 10.6. The van der Waals surface area contributed by atoms with E-state index in [4.69, 9.17) is 28.4 Å². The van der Waals surface area contributed by atoms with Crippen molar-refractivity contribution in [2.45, 2.75) is 401 Å². The summed E-state index contributed by atoms with van der Waals surface area (Å²) in [7, 11) is 0. The third-order valence-electron chi connectivity index (χ3n) is 18.8. The average Bonchev–Trinajstić information content (AvgIpc) is 0.884. The van der Waals surface area contributed by atoms with Crippen LogP contribution >= 0.6 is 0 Å². The molecule has 1 amide bonds. The van der Waals surface area contributed by atoms with Crippen LogP contribution in [0.15, 0.2) is 24.3 Å². The Balaban J connectivity index is 1.43. The second-order valence-corrected chi connectivity index (χ2v) is 26.8. The van der Waals surface area contributed by atoms with Crippen LogP contribution in [0, 0.1) is 0 Å². The molecule has 17 atom stereocenters. The molecule has 3 aliphatic heterocycles. The molecule has 0 aromatic rings. The van der Waals surface area contributed by atoms with Crippen molar-refractivity contribution in [1.82, 2.24) is 5.32 Å². The number of aliphatic hydroxyl groups is 11. The van der Waals surface area contributed by atoms with Gasteiger partial charge in [0.1, 0.15) is 73.2 Å². The molecular formula is C72H135NO18. The number of hydrogen-bond donors (Lipinski definition) is 12. The number of ether oxygens (including phenoxy) is 6. The van der Waals surface area contributed by atoms with Crippen molar-refractivity contribution in [3.8, 4) is 0 Å². The van der Waals surface area contributed by atoms with Gasteiger partial charge in [0.05, 0.1) is 38.6 Å². The molecule has 0 aromatic heterocycles. The normalized spacial score (nSPS) is 27.9. The van der Waals surface area contributed by atoms with Gasteiger partial charge >= 0.3 is 0 Å². The van der Waals surface area contributed by atoms with Gasteiger partial charge in [-0.3, -0.25) is 4.79 Å². The summed E-state index contributed by atoms with van der Waals surface area (Å²) in [5.74, 6) is -0.279. The van der Waals surface area contributed by atoms with E-state index in [9.17, 15) is 61.0 Å². The molecule has 0 saturated carbocycles. The minimum Gasteiger partial charge on any atom is -0.394 e. The van der Waals surface area contributed by atoms with E-state index in [0.29, 0.717) is 12.8 Å². The van der Waals surface area contributed by atoms with Crippen molar-refractivity contribution >= 4 is 5.91 Å². The molecule has 0 radical (unpaired) electrons. The number of allylic oxidation sites excluding steroid dienone is 3. The summed E-state index contributed by atoms with van der Waals surface area (Å²) >= 11 is 0. The number of carbonyl (C=O) groups excluding carboxylic acids is 1. The highest BCUT2D eigenvalue weighted by Crippen LogP contribution is 2.33. The van der Waals surface area contributed by atoms with Crippen LogP contribution in [0.2, 0.25) is 0 Å². The van der Waals surface area contributed by atoms with E-state index in [0.717, 1.165) is 38.5 Å². The summed E-state index contributed by atoms with van der Waals surface area (Å²) in [5, 5.41) is 121. The summed E-state index contributed by atoms with van der Waals surface area (Å²) in [6.07, 6.45) is 35.9. The predicted molar refractivity (Wildman–Crippen MR) is 356 cm³/mol. The van der Waals surface area contributed by atoms with Crippen LogP contribution in [0.4, 0.5) is 0 Å². The third kappa shape index (κ3) is 35.9. The molecule has 12 N–H and O–H groups in total. The fourth-order valence-corrected chi connectivity index (χ4v) is 12.7. The zero-order valence-corrected chi connectivity index (χ0v) is 56.8. The van der Waals surface area contributed by atoms with Crippen molar-refractivity contribution in [1.29, 1.82) is 0 Å². The van der Waals surface area contributed by atoms with Gasteiger partial charge in [0, 0.05) is 6.42 Å². The first-order chi connectivity index (χ1) is 44.3. The Morgan fingerprint density at radius 1 is 0.385 bits per heavy atom. The van der Waals surface area contributed by atoms with E-state index in [2.05, 4.69) is 31.3 Å². The number of carbonyl (C=O) groups is 1. The van der Waals surface area contributed by atoms with Gasteiger partial charge in [-0.05, 0) is 32.1 Å². The van der Waals surface area contributed by atoms with E-state index in [-0.39, 0.29) is 18.9 Å². The molecule has 536 valence electrons. The maximum absolute atomic E-state index is 13.4. The third-order valence-corrected chi connectivity index (χ3v) is 18.8. The molecule has 0 aromatic carbocycles. The monoisotopic (exact) mass is 1300 g/mol. The molecule has 19 heteroatoms. The number of amides is 1. The first-order valence-corrected chi connectivity index (χ1v) is 37.1. The Labute approximate surface area is 549 Å². The maximum atomic E-state index is 13.4. The minimum absolute atomic E-state index is 0.241. The molecule has 3 fully saturated rings. The van der Waals surface area contributed by atoms with Crippen molar-refractivity contribution in [3.63, 3.8) is 0 Å². The zero-order chi connectivity index (χ0) is 66.1. The lowest BCUT2D eigenvalue weighted by Crippen LogP contribution is -2.66. The summed E-state index contributed by atoms with van der Waals surface area (Å²) in [6.45, 7) is 1.76. The summed E-state index contributed by atoms with van der Waals surface area (Å²) in [6, 6.07) is -0.987. The topological polar surface area (TPSA) is 307 Å². The number of rotatable bonds is 58. The van der Waals surface area contributed by atoms with Gasteiger partial charge in [-0.2, -0.15) is 0 Å². The van der Waals surface area contributed by atoms with Crippen LogP contribution in [0.3, 0.4) is 0 Å². The van der Waals surface area contributed by atoms with Gasteiger partial charge in [-0.1, -0.05) is 282 Å². The number of aliphatic hydroxyl groups excluding tert-OH is 11. The van der Waals surface area contributed by atoms with Crippen LogP contribution in [0.1, 0.15) is 296 Å². The molecule has 3 heterocycles.